The summed E-state index contributed by atoms with van der Waals surface area (Å²) in [6.07, 6.45) is 1.28. The molecule has 0 atom stereocenters. The Bertz CT molecular complexity index is 466. The van der Waals surface area contributed by atoms with Gasteiger partial charge in [-0.05, 0) is 28.1 Å². The van der Waals surface area contributed by atoms with Crippen molar-refractivity contribution in [1.29, 1.82) is 0 Å². The van der Waals surface area contributed by atoms with Gasteiger partial charge in [-0.15, -0.1) is 0 Å². The monoisotopic (exact) mass is 324 g/mol. The number of hydrogen-bond acceptors (Lipinski definition) is 2. The van der Waals surface area contributed by atoms with Crippen molar-refractivity contribution >= 4 is 21.9 Å². The van der Waals surface area contributed by atoms with Crippen molar-refractivity contribution in [2.45, 2.75) is 6.18 Å². The number of aromatic nitrogens is 2. The van der Waals surface area contributed by atoms with Crippen LogP contribution in [0.1, 0.15) is 0 Å². The molecule has 2 rings (SSSR count). The Balaban J connectivity index is 0.000000225. The van der Waals surface area contributed by atoms with Gasteiger partial charge >= 0.3 is 12.1 Å². The lowest BCUT2D eigenvalue weighted by Crippen LogP contribution is -2.27. The van der Waals surface area contributed by atoms with E-state index in [-0.39, 0.29) is 5.75 Å². The Morgan fingerprint density at radius 3 is 2.11 bits per heavy atom. The van der Waals surface area contributed by atoms with Crippen molar-refractivity contribution in [3.05, 3.63) is 41.4 Å². The van der Waals surface area contributed by atoms with E-state index in [9.17, 15) is 18.0 Å². The van der Waals surface area contributed by atoms with Crippen LogP contribution in [0.5, 0.6) is 5.75 Å². The molecule has 0 radical (unpaired) electrons. The first-order chi connectivity index (χ1) is 8.39. The van der Waals surface area contributed by atoms with Crippen LogP contribution in [0.25, 0.3) is 0 Å². The van der Waals surface area contributed by atoms with Gasteiger partial charge in [-0.3, -0.25) is 0 Å². The minimum Gasteiger partial charge on any atom is -0.418 e. The fraction of sp³-hybridized carbons (Fsp3) is 0.100. The molecule has 2 aromatic heterocycles. The van der Waals surface area contributed by atoms with E-state index in [0.29, 0.717) is 0 Å². The van der Waals surface area contributed by atoms with Crippen molar-refractivity contribution in [1.82, 2.24) is 9.97 Å². The molecule has 2 aromatic rings. The molecule has 0 spiro atoms. The van der Waals surface area contributed by atoms with Crippen LogP contribution >= 0.6 is 15.9 Å². The molecule has 2 N–H and O–H groups in total. The van der Waals surface area contributed by atoms with Crippen molar-refractivity contribution in [3.8, 4) is 5.75 Å². The highest BCUT2D eigenvalue weighted by Crippen LogP contribution is 2.19. The summed E-state index contributed by atoms with van der Waals surface area (Å²) in [4.78, 5) is 15.5. The summed E-state index contributed by atoms with van der Waals surface area (Å²) in [5, 5.41) is 0. The largest absolute Gasteiger partial charge is 0.491 e. The van der Waals surface area contributed by atoms with Gasteiger partial charge in [0, 0.05) is 29.3 Å². The average molecular weight is 325 g/mol. The number of aromatic amines is 2. The summed E-state index contributed by atoms with van der Waals surface area (Å²) in [6, 6.07) is 3.16. The number of halogens is 4. The van der Waals surface area contributed by atoms with Crippen molar-refractivity contribution in [3.63, 3.8) is 0 Å². The van der Waals surface area contributed by atoms with E-state index in [0.717, 1.165) is 10.7 Å². The molecule has 0 saturated carbocycles. The average Bonchev–Trinajstić information content (AvgIpc) is 2.90. The van der Waals surface area contributed by atoms with Crippen LogP contribution in [-0.4, -0.2) is 22.1 Å². The van der Waals surface area contributed by atoms with Gasteiger partial charge in [-0.25, -0.2) is 4.79 Å². The molecule has 0 saturated heterocycles. The lowest BCUT2D eigenvalue weighted by atomic mass is 10.6. The molecule has 0 aliphatic rings. The van der Waals surface area contributed by atoms with Gasteiger partial charge in [0.15, 0.2) is 0 Å². The van der Waals surface area contributed by atoms with Gasteiger partial charge in [-0.1, -0.05) is 0 Å². The van der Waals surface area contributed by atoms with E-state index in [4.69, 9.17) is 0 Å². The van der Waals surface area contributed by atoms with E-state index in [2.05, 4.69) is 30.6 Å². The lowest BCUT2D eigenvalue weighted by Gasteiger charge is -2.03. The number of hydrogen-bond donors (Lipinski definition) is 2. The van der Waals surface area contributed by atoms with E-state index >= 15 is 0 Å². The van der Waals surface area contributed by atoms with Gasteiger partial charge < -0.3 is 14.7 Å². The number of carbonyl (C=O) groups excluding carboxylic acids is 1. The first kappa shape index (κ1) is 14.4. The Labute approximate surface area is 108 Å². The number of carbonyl (C=O) groups is 1. The molecule has 98 valence electrons. The highest BCUT2D eigenvalue weighted by atomic mass is 79.9. The molecule has 0 amide bonds. The van der Waals surface area contributed by atoms with Gasteiger partial charge in [0.1, 0.15) is 5.75 Å². The third kappa shape index (κ3) is 5.09. The Kier molecular flexibility index (Phi) is 5.02. The zero-order valence-electron chi connectivity index (χ0n) is 8.79. The second-order valence-electron chi connectivity index (χ2n) is 2.96. The van der Waals surface area contributed by atoms with E-state index in [1.54, 1.807) is 0 Å². The third-order valence-electron chi connectivity index (χ3n) is 1.57. The first-order valence-corrected chi connectivity index (χ1v) is 5.39. The summed E-state index contributed by atoms with van der Waals surface area (Å²) in [5.41, 5.74) is 0. The van der Waals surface area contributed by atoms with E-state index in [1.807, 2.05) is 18.5 Å². The molecule has 18 heavy (non-hydrogen) atoms. The number of esters is 1. The molecule has 8 heteroatoms. The SMILES string of the molecule is Brc1cc[nH]c1.O=C(Oc1cc[nH]c1)C(F)(F)F. The summed E-state index contributed by atoms with van der Waals surface area (Å²) < 4.78 is 39.7. The highest BCUT2D eigenvalue weighted by molar-refractivity contribution is 9.10. The molecule has 0 fully saturated rings. The van der Waals surface area contributed by atoms with Gasteiger partial charge in [-0.2, -0.15) is 13.2 Å². The predicted octanol–water partition coefficient (Wildman–Crippen LogP) is 3.26. The predicted molar refractivity (Wildman–Crippen MR) is 61.0 cm³/mol. The van der Waals surface area contributed by atoms with Gasteiger partial charge in [0.25, 0.3) is 0 Å². The molecule has 0 aromatic carbocycles. The van der Waals surface area contributed by atoms with Gasteiger partial charge in [0.2, 0.25) is 0 Å². The van der Waals surface area contributed by atoms with E-state index < -0.39 is 12.1 Å². The molecule has 4 nitrogen and oxygen atoms in total. The quantitative estimate of drug-likeness (QED) is 0.791. The Morgan fingerprint density at radius 2 is 1.78 bits per heavy atom. The molecule has 0 aliphatic heterocycles. The summed E-state index contributed by atoms with van der Waals surface area (Å²) in [5.74, 6) is -2.38. The van der Waals surface area contributed by atoms with Crippen LogP contribution in [0.15, 0.2) is 41.4 Å². The highest BCUT2D eigenvalue weighted by Gasteiger charge is 2.41. The smallest absolute Gasteiger partial charge is 0.418 e. The fourth-order valence-electron chi connectivity index (χ4n) is 0.841. The standard InChI is InChI=1S/C6H4F3NO2.C4H4BrN/c7-6(8,9)5(11)12-4-1-2-10-3-4;5-4-1-2-6-3-4/h1-3,10H;1-3,6H. The van der Waals surface area contributed by atoms with Gasteiger partial charge in [0.05, 0.1) is 0 Å². The molecule has 0 bridgehead atoms. The second kappa shape index (κ2) is 6.29. The van der Waals surface area contributed by atoms with Crippen LogP contribution in [0.4, 0.5) is 13.2 Å². The zero-order chi connectivity index (χ0) is 13.6. The normalized spacial score (nSPS) is 10.4. The number of rotatable bonds is 1. The van der Waals surface area contributed by atoms with Crippen LogP contribution in [0.2, 0.25) is 0 Å². The maximum Gasteiger partial charge on any atom is 0.491 e. The summed E-state index contributed by atoms with van der Waals surface area (Å²) in [6.45, 7) is 0. The molecule has 2 heterocycles. The number of nitrogens with one attached hydrogen (secondary N) is 2. The van der Waals surface area contributed by atoms with Crippen LogP contribution < -0.4 is 4.74 Å². The second-order valence-corrected chi connectivity index (χ2v) is 3.88. The fourth-order valence-corrected chi connectivity index (χ4v) is 1.10. The maximum atomic E-state index is 11.6. The van der Waals surface area contributed by atoms with Crippen LogP contribution in [0, 0.1) is 0 Å². The zero-order valence-corrected chi connectivity index (χ0v) is 10.4. The summed E-state index contributed by atoms with van der Waals surface area (Å²) >= 11 is 3.25. The maximum absolute atomic E-state index is 11.6. The first-order valence-electron chi connectivity index (χ1n) is 4.59. The molecular formula is C10H8BrF3N2O2. The summed E-state index contributed by atoms with van der Waals surface area (Å²) in [7, 11) is 0. The lowest BCUT2D eigenvalue weighted by molar-refractivity contribution is -0.189. The van der Waals surface area contributed by atoms with Crippen molar-refractivity contribution < 1.29 is 22.7 Å². The molecule has 0 unspecified atom stereocenters. The number of H-pyrrole nitrogens is 2. The van der Waals surface area contributed by atoms with Crippen molar-refractivity contribution in [2.24, 2.45) is 0 Å². The minimum atomic E-state index is -4.95. The van der Waals surface area contributed by atoms with Crippen LogP contribution in [-0.2, 0) is 4.79 Å². The number of alkyl halides is 3. The minimum absolute atomic E-state index is 0.155. The van der Waals surface area contributed by atoms with E-state index in [1.165, 1.54) is 12.3 Å². The molecule has 0 aliphatic carbocycles. The molecular weight excluding hydrogens is 317 g/mol. The van der Waals surface area contributed by atoms with Crippen molar-refractivity contribution in [2.75, 3.05) is 0 Å². The Morgan fingerprint density at radius 1 is 1.17 bits per heavy atom. The van der Waals surface area contributed by atoms with Crippen LogP contribution in [0.3, 0.4) is 0 Å². The topological polar surface area (TPSA) is 57.9 Å². The Hall–Kier alpha value is -1.70. The number of ether oxygens (including phenoxy) is 1. The third-order valence-corrected chi connectivity index (χ3v) is 2.06.